The van der Waals surface area contributed by atoms with Crippen LogP contribution in [-0.4, -0.2) is 180 Å². The van der Waals surface area contributed by atoms with E-state index in [1.165, 1.54) is 5.56 Å². The van der Waals surface area contributed by atoms with Crippen LogP contribution >= 0.6 is 0 Å². The van der Waals surface area contributed by atoms with Crippen LogP contribution < -0.4 is 14.7 Å². The number of aryl methyl sites for hydroxylation is 5. The van der Waals surface area contributed by atoms with Crippen LogP contribution in [0, 0.1) is 0 Å². The number of hydrogen-bond acceptors (Lipinski definition) is 20. The quantitative estimate of drug-likeness (QED) is 0.00726. The molecular formula is C88H110N10O18Si. The summed E-state index contributed by atoms with van der Waals surface area (Å²) in [7, 11) is -1.18. The van der Waals surface area contributed by atoms with Crippen molar-refractivity contribution < 1.29 is 86.2 Å². The Morgan fingerprint density at radius 3 is 1.21 bits per heavy atom. The predicted octanol–water partition coefficient (Wildman–Crippen LogP) is 13.0. The molecule has 0 bridgehead atoms. The first-order valence-corrected chi connectivity index (χ1v) is 44.5. The minimum Gasteiger partial charge on any atom is -0.466 e. The number of Topliss-reactive ketones (excluding diaryl/α,β-unsaturated/α-hetero) is 1. The molecule has 0 saturated carbocycles. The number of ether oxygens (including phenoxy) is 7. The number of aliphatic hydroxyl groups is 1. The molecule has 0 fully saturated rings. The molecule has 0 saturated heterocycles. The van der Waals surface area contributed by atoms with Crippen LogP contribution in [0.2, 0.25) is 25.7 Å². The van der Waals surface area contributed by atoms with E-state index >= 15 is 0 Å². The van der Waals surface area contributed by atoms with Crippen molar-refractivity contribution in [3.63, 3.8) is 0 Å². The van der Waals surface area contributed by atoms with E-state index < -0.39 is 60.1 Å². The number of aliphatic hydroxyl groups excluding tert-OH is 1. The fraction of sp³-hybridized carbons (Fsp3) is 0.477. The highest BCUT2D eigenvalue weighted by Gasteiger charge is 2.57. The zero-order chi connectivity index (χ0) is 84.3. The summed E-state index contributed by atoms with van der Waals surface area (Å²) in [6, 6.07) is 12.7. The van der Waals surface area contributed by atoms with Crippen LogP contribution in [-0.2, 0) is 131 Å². The number of amides is 3. The van der Waals surface area contributed by atoms with Gasteiger partial charge < -0.3 is 67.9 Å². The summed E-state index contributed by atoms with van der Waals surface area (Å²) in [6.45, 7) is 33.5. The molecule has 3 amide bonds. The van der Waals surface area contributed by atoms with Gasteiger partial charge in [0.15, 0.2) is 5.78 Å². The van der Waals surface area contributed by atoms with Crippen LogP contribution in [0.4, 0.5) is 17.1 Å². The number of carbonyl (C=O) groups excluding carboxylic acids is 10. The van der Waals surface area contributed by atoms with Gasteiger partial charge in [-0.05, 0) is 193 Å². The monoisotopic (exact) mass is 1620 g/mol. The zero-order valence-electron chi connectivity index (χ0n) is 69.0. The maximum absolute atomic E-state index is 14.2. The molecule has 0 atom stereocenters. The number of nitrogens with one attached hydrogen (secondary N) is 4. The second-order valence-electron chi connectivity index (χ2n) is 31.2. The fourth-order valence-electron chi connectivity index (χ4n) is 17.3. The normalized spacial score (nSPS) is 15.7. The molecule has 3 aliphatic heterocycles. The maximum Gasteiger partial charge on any atom is 0.307 e. The Balaban J connectivity index is 0.000000171. The van der Waals surface area contributed by atoms with Crippen LogP contribution in [0.1, 0.15) is 174 Å². The lowest BCUT2D eigenvalue weighted by Gasteiger charge is -2.27. The van der Waals surface area contributed by atoms with Crippen molar-refractivity contribution in [3.8, 4) is 22.8 Å². The first-order valence-electron chi connectivity index (χ1n) is 40.8. The number of esters is 6. The largest absolute Gasteiger partial charge is 0.466 e. The molecule has 5 N–H and O–H groups in total. The summed E-state index contributed by atoms with van der Waals surface area (Å²) in [5, 5.41) is 22.8. The molecule has 8 heterocycles. The van der Waals surface area contributed by atoms with Crippen molar-refractivity contribution in [1.82, 2.24) is 34.9 Å². The Bertz CT molecular complexity index is 5080. The maximum atomic E-state index is 14.2. The summed E-state index contributed by atoms with van der Waals surface area (Å²) in [5.41, 5.74) is 11.8. The highest BCUT2D eigenvalue weighted by Crippen LogP contribution is 2.54. The SMILES string of the molecule is C=CCN1C(=O)C(CC(=O)OCC)(CC(=O)OCC)c2cc3[nH]c4c(c3cc21)CCCCC4=O.C=CCN1C(=O)C(CC(=O)OCC)(CC(=O)OCC)c2cc3[nH]c4c(c3cc21)CCCc1cn(COCC[Si](C)(C)C)nc1-4.C=CCN1C(=O)C(CC(=O)OCC)(CC(=O)OCC)c2cc3[nH]c4c(c3cc21)CCCc1cn[nH]c1-4.CCO. The van der Waals surface area contributed by atoms with E-state index in [0.717, 1.165) is 143 Å². The van der Waals surface area contributed by atoms with Gasteiger partial charge in [-0.25, -0.2) is 4.68 Å². The molecule has 6 aliphatic rings. The van der Waals surface area contributed by atoms with Crippen LogP contribution in [0.3, 0.4) is 0 Å². The van der Waals surface area contributed by atoms with E-state index in [1.807, 2.05) is 47.3 Å². The average Bonchev–Trinajstić information content (AvgIpc) is 1.94. The van der Waals surface area contributed by atoms with Crippen LogP contribution in [0.5, 0.6) is 0 Å². The number of carbonyl (C=O) groups is 10. The van der Waals surface area contributed by atoms with Gasteiger partial charge in [-0.15, -0.1) is 19.7 Å². The smallest absolute Gasteiger partial charge is 0.307 e. The molecule has 0 unspecified atom stereocenters. The molecule has 5 aromatic heterocycles. The van der Waals surface area contributed by atoms with Crippen molar-refractivity contribution in [1.29, 1.82) is 0 Å². The number of benzene rings is 3. The number of H-pyrrole nitrogens is 4. The number of nitrogens with zero attached hydrogens (tertiary/aromatic N) is 6. The van der Waals surface area contributed by atoms with E-state index in [0.29, 0.717) is 58.1 Å². The highest BCUT2D eigenvalue weighted by atomic mass is 28.3. The molecule has 0 radical (unpaired) electrons. The molecule has 14 rings (SSSR count). The number of aromatic nitrogens is 7. The molecule has 3 aliphatic carbocycles. The Morgan fingerprint density at radius 2 is 0.829 bits per heavy atom. The number of rotatable bonds is 29. The van der Waals surface area contributed by atoms with E-state index in [9.17, 15) is 47.9 Å². The van der Waals surface area contributed by atoms with Crippen molar-refractivity contribution >= 4 is 117 Å². The molecule has 8 aromatic rings. The molecule has 117 heavy (non-hydrogen) atoms. The molecular weight excluding hydrogens is 1510 g/mol. The fourth-order valence-corrected chi connectivity index (χ4v) is 18.0. The second-order valence-corrected chi connectivity index (χ2v) is 36.9. The number of fused-ring (bicyclic) bond motifs is 16. The van der Waals surface area contributed by atoms with Gasteiger partial charge in [0, 0.05) is 103 Å². The summed E-state index contributed by atoms with van der Waals surface area (Å²) >= 11 is 0. The minimum absolute atomic E-state index is 0.0761. The lowest BCUT2D eigenvalue weighted by Crippen LogP contribution is -2.44. The lowest BCUT2D eigenvalue weighted by atomic mass is 9.75. The van der Waals surface area contributed by atoms with Crippen LogP contribution in [0.15, 0.2) is 86.8 Å². The minimum atomic E-state index is -1.46. The number of hydrogen-bond donors (Lipinski definition) is 5. The van der Waals surface area contributed by atoms with Crippen molar-refractivity contribution in [3.05, 3.63) is 137 Å². The lowest BCUT2D eigenvalue weighted by molar-refractivity contribution is -0.152. The summed E-state index contributed by atoms with van der Waals surface area (Å²) in [4.78, 5) is 146. The molecule has 28 nitrogen and oxygen atoms in total. The van der Waals surface area contributed by atoms with Crippen LogP contribution in [0.25, 0.3) is 55.5 Å². The number of anilines is 3. The van der Waals surface area contributed by atoms with Crippen molar-refractivity contribution in [2.45, 2.75) is 200 Å². The van der Waals surface area contributed by atoms with Gasteiger partial charge in [0.2, 0.25) is 17.7 Å². The van der Waals surface area contributed by atoms with Crippen molar-refractivity contribution in [2.24, 2.45) is 0 Å². The van der Waals surface area contributed by atoms with E-state index in [4.69, 9.17) is 43.4 Å². The molecule has 3 aromatic carbocycles. The highest BCUT2D eigenvalue weighted by molar-refractivity contribution is 6.76. The van der Waals surface area contributed by atoms with Gasteiger partial charge >= 0.3 is 35.8 Å². The molecule has 0 spiro atoms. The summed E-state index contributed by atoms with van der Waals surface area (Å²) < 4.78 is 39.2. The summed E-state index contributed by atoms with van der Waals surface area (Å²) in [5.74, 6) is -4.23. The van der Waals surface area contributed by atoms with Gasteiger partial charge in [0.05, 0.1) is 123 Å². The van der Waals surface area contributed by atoms with E-state index in [2.05, 4.69) is 70.7 Å². The second kappa shape index (κ2) is 37.5. The standard InChI is InChI=1S/C33H44N4O6Si.C27H30N4O5.C26H30N2O6.C2H6O/c1-7-13-37-27-16-24-23-12-10-11-22-20-36(21-41-14-15-44(4,5)6)35-30(22)31(23)34-26(24)17-25(27)33(32(37)40,18-28(38)42-8-2)19-29(39)43-9-3;1-4-10-31-21-11-18-17-9-7-8-16-15-28-30-24(16)25(17)29-20(18)12-19(21)27(26(31)34,13-22(32)35-5-2)14-23(33)36-6-3;1-4-11-28-20-12-17-16-9-7-8-10-21(29)24(16)27-19(17)13-18(20)26(25(28)32,14-22(30)33-5-2)15-23(31)34-6-3;1-2-3/h7,16-17,20,34H,1,8-15,18-19,21H2,2-6H3;4,11-12,15,29H,1,5-10,13-14H2,2-3H3,(H,28,30);4,12-13,27H,1,5-11,14-15H2,2-3H3;3H,2H2,1H3. The summed E-state index contributed by atoms with van der Waals surface area (Å²) in [6.07, 6.45) is 15.8. The Hall–Kier alpha value is -11.0. The van der Waals surface area contributed by atoms with Gasteiger partial charge in [0.25, 0.3) is 0 Å². The number of aromatic amines is 4. The third-order valence-electron chi connectivity index (χ3n) is 22.3. The Labute approximate surface area is 681 Å². The van der Waals surface area contributed by atoms with Crippen molar-refractivity contribution in [2.75, 3.05) is 87.2 Å². The Morgan fingerprint density at radius 1 is 0.479 bits per heavy atom. The third-order valence-corrected chi connectivity index (χ3v) is 24.0. The van der Waals surface area contributed by atoms with E-state index in [-0.39, 0.29) is 128 Å². The van der Waals surface area contributed by atoms with E-state index in [1.54, 1.807) is 81.4 Å². The van der Waals surface area contributed by atoms with Gasteiger partial charge in [-0.1, -0.05) is 37.9 Å². The van der Waals surface area contributed by atoms with Gasteiger partial charge in [-0.3, -0.25) is 53.0 Å². The first-order chi connectivity index (χ1) is 56.2. The Kier molecular flexibility index (Phi) is 27.8. The van der Waals surface area contributed by atoms with Gasteiger partial charge in [0.1, 0.15) is 12.4 Å². The van der Waals surface area contributed by atoms with Gasteiger partial charge in [-0.2, -0.15) is 10.2 Å². The number of ketones is 1. The first kappa shape index (κ1) is 86.8. The zero-order valence-corrected chi connectivity index (χ0v) is 70.0. The molecule has 624 valence electrons. The predicted molar refractivity (Wildman–Crippen MR) is 447 cm³/mol. The topological polar surface area (TPSA) is 359 Å². The average molecular weight is 1620 g/mol. The molecule has 29 heteroatoms. The third kappa shape index (κ3) is 17.7.